The van der Waals surface area contributed by atoms with Crippen LogP contribution in [0.2, 0.25) is 0 Å². The van der Waals surface area contributed by atoms with Crippen LogP contribution in [0, 0.1) is 6.92 Å². The Morgan fingerprint density at radius 3 is 1.81 bits per heavy atom. The molecule has 4 heteroatoms. The van der Waals surface area contributed by atoms with Crippen LogP contribution in [0.4, 0.5) is 17.6 Å². The van der Waals surface area contributed by atoms with Crippen molar-refractivity contribution in [3.8, 4) is 11.1 Å². The molecule has 166 valence electrons. The monoisotopic (exact) mass is 438 g/mol. The van der Waals surface area contributed by atoms with Gasteiger partial charge >= 0.3 is 0 Å². The number of allylic oxidation sites excluding steroid dienone is 3. The lowest BCUT2D eigenvalue weighted by Gasteiger charge is -2.18. The molecule has 0 aliphatic carbocycles. The number of rotatable bonds is 6. The maximum atomic E-state index is 13.9. The van der Waals surface area contributed by atoms with Gasteiger partial charge in [-0.1, -0.05) is 61.2 Å². The minimum absolute atomic E-state index is 0.323. The lowest BCUT2D eigenvalue weighted by molar-refractivity contribution is 0.0106. The predicted molar refractivity (Wildman–Crippen MR) is 125 cm³/mol. The fourth-order valence-electron chi connectivity index (χ4n) is 3.62. The second-order valence-corrected chi connectivity index (χ2v) is 8.32. The van der Waals surface area contributed by atoms with Gasteiger partial charge in [-0.15, -0.1) is 0 Å². The van der Waals surface area contributed by atoms with E-state index in [4.69, 9.17) is 0 Å². The van der Waals surface area contributed by atoms with Crippen molar-refractivity contribution in [3.63, 3.8) is 0 Å². The van der Waals surface area contributed by atoms with Gasteiger partial charge in [-0.2, -0.15) is 0 Å². The Hall–Kier alpha value is -3.14. The van der Waals surface area contributed by atoms with E-state index in [9.17, 15) is 17.6 Å². The molecule has 0 heterocycles. The van der Waals surface area contributed by atoms with E-state index >= 15 is 0 Å². The van der Waals surface area contributed by atoms with Crippen molar-refractivity contribution in [3.05, 3.63) is 107 Å². The molecule has 3 rings (SSSR count). The van der Waals surface area contributed by atoms with Crippen LogP contribution in [0.25, 0.3) is 22.3 Å². The zero-order chi connectivity index (χ0) is 23.7. The fraction of sp³-hybridized carbons (Fsp3) is 0.214. The second-order valence-electron chi connectivity index (χ2n) is 8.32. The maximum absolute atomic E-state index is 13.9. The molecule has 0 bridgehead atoms. The average molecular weight is 439 g/mol. The van der Waals surface area contributed by atoms with Gasteiger partial charge in [0.15, 0.2) is 0 Å². The van der Waals surface area contributed by atoms with Crippen LogP contribution in [0.3, 0.4) is 0 Å². The van der Waals surface area contributed by atoms with Crippen molar-refractivity contribution in [2.24, 2.45) is 0 Å². The standard InChI is InChI=1S/C28H26F4/c1-18-8-6-7-9-26(18)20(3)14-19(2)21-10-12-22(13-11-21)23-15-24(27(4,29)30)17-25(16-23)28(5,31)32/h6-17H,2H2,1,3-5H3/b20-14-. The topological polar surface area (TPSA) is 0 Å². The number of alkyl halides is 4. The first-order chi connectivity index (χ1) is 14.9. The van der Waals surface area contributed by atoms with Crippen molar-refractivity contribution >= 4 is 11.1 Å². The maximum Gasteiger partial charge on any atom is 0.270 e. The molecule has 0 N–H and O–H groups in total. The third-order valence-electron chi connectivity index (χ3n) is 5.50. The number of hydrogen-bond acceptors (Lipinski definition) is 0. The molecule has 0 amide bonds. The van der Waals surface area contributed by atoms with Gasteiger partial charge in [-0.3, -0.25) is 0 Å². The summed E-state index contributed by atoms with van der Waals surface area (Å²) in [5.74, 6) is -6.44. The predicted octanol–water partition coefficient (Wildman–Crippen LogP) is 9.00. The molecule has 0 saturated heterocycles. The van der Waals surface area contributed by atoms with Gasteiger partial charge in [0, 0.05) is 25.0 Å². The quantitative estimate of drug-likeness (QED) is 0.266. The van der Waals surface area contributed by atoms with E-state index in [0.29, 0.717) is 25.0 Å². The smallest absolute Gasteiger partial charge is 0.202 e. The van der Waals surface area contributed by atoms with Crippen LogP contribution < -0.4 is 0 Å². The van der Waals surface area contributed by atoms with E-state index in [-0.39, 0.29) is 0 Å². The molecular weight excluding hydrogens is 412 g/mol. The molecule has 0 atom stereocenters. The van der Waals surface area contributed by atoms with Crippen molar-refractivity contribution in [1.29, 1.82) is 0 Å². The molecule has 0 unspecified atom stereocenters. The molecule has 0 nitrogen and oxygen atoms in total. The molecule has 0 spiro atoms. The van der Waals surface area contributed by atoms with E-state index < -0.39 is 23.0 Å². The summed E-state index contributed by atoms with van der Waals surface area (Å²) in [6, 6.07) is 18.6. The first-order valence-electron chi connectivity index (χ1n) is 10.3. The van der Waals surface area contributed by atoms with Crippen LogP contribution in [-0.2, 0) is 11.8 Å². The largest absolute Gasteiger partial charge is 0.270 e. The molecule has 0 saturated carbocycles. The van der Waals surface area contributed by atoms with E-state index in [1.54, 1.807) is 12.1 Å². The Bertz CT molecular complexity index is 1130. The third-order valence-corrected chi connectivity index (χ3v) is 5.50. The van der Waals surface area contributed by atoms with Gasteiger partial charge in [-0.05, 0) is 71.0 Å². The molecule has 0 fully saturated rings. The van der Waals surface area contributed by atoms with Gasteiger partial charge in [0.1, 0.15) is 0 Å². The first-order valence-corrected chi connectivity index (χ1v) is 10.3. The highest BCUT2D eigenvalue weighted by molar-refractivity contribution is 5.83. The second kappa shape index (κ2) is 8.78. The summed E-state index contributed by atoms with van der Waals surface area (Å²) in [4.78, 5) is 0. The van der Waals surface area contributed by atoms with E-state index in [1.165, 1.54) is 17.7 Å². The first kappa shape index (κ1) is 23.5. The van der Waals surface area contributed by atoms with Crippen LogP contribution in [0.1, 0.15) is 48.6 Å². The Morgan fingerprint density at radius 1 is 0.781 bits per heavy atom. The zero-order valence-corrected chi connectivity index (χ0v) is 18.6. The average Bonchev–Trinajstić information content (AvgIpc) is 2.72. The molecular formula is C28H26F4. The minimum Gasteiger partial charge on any atom is -0.202 e. The Kier molecular flexibility index (Phi) is 6.45. The molecule has 0 aromatic heterocycles. The van der Waals surface area contributed by atoms with Crippen molar-refractivity contribution in [2.45, 2.75) is 39.5 Å². The summed E-state index contributed by atoms with van der Waals surface area (Å²) in [5, 5.41) is 0. The van der Waals surface area contributed by atoms with E-state index in [0.717, 1.165) is 28.3 Å². The molecule has 0 aliphatic rings. The van der Waals surface area contributed by atoms with Gasteiger partial charge in [0.2, 0.25) is 0 Å². The number of halogens is 4. The van der Waals surface area contributed by atoms with Gasteiger partial charge < -0.3 is 0 Å². The summed E-state index contributed by atoms with van der Waals surface area (Å²) in [6.07, 6.45) is 1.99. The van der Waals surface area contributed by atoms with Crippen molar-refractivity contribution < 1.29 is 17.6 Å². The molecule has 3 aromatic carbocycles. The number of hydrogen-bond donors (Lipinski definition) is 0. The normalized spacial score (nSPS) is 12.7. The lowest BCUT2D eigenvalue weighted by atomic mass is 9.93. The molecule has 0 radical (unpaired) electrons. The molecule has 0 aliphatic heterocycles. The molecule has 32 heavy (non-hydrogen) atoms. The van der Waals surface area contributed by atoms with Crippen LogP contribution in [-0.4, -0.2) is 0 Å². The summed E-state index contributed by atoms with van der Waals surface area (Å²) in [6.45, 7) is 9.62. The summed E-state index contributed by atoms with van der Waals surface area (Å²) in [5.41, 5.74) is 5.07. The SMILES string of the molecule is C=C(/C=C(/C)c1ccccc1C)c1ccc(-c2cc(C(C)(F)F)cc(C(C)(F)F)c2)cc1. The van der Waals surface area contributed by atoms with Crippen LogP contribution in [0.5, 0.6) is 0 Å². The van der Waals surface area contributed by atoms with E-state index in [1.807, 2.05) is 50.3 Å². The third kappa shape index (κ3) is 5.37. The van der Waals surface area contributed by atoms with Gasteiger partial charge in [-0.25, -0.2) is 17.6 Å². The van der Waals surface area contributed by atoms with Crippen molar-refractivity contribution in [2.75, 3.05) is 0 Å². The van der Waals surface area contributed by atoms with E-state index in [2.05, 4.69) is 12.6 Å². The van der Waals surface area contributed by atoms with Gasteiger partial charge in [0.25, 0.3) is 11.8 Å². The Morgan fingerprint density at radius 2 is 1.31 bits per heavy atom. The number of aryl methyl sites for hydroxylation is 1. The lowest BCUT2D eigenvalue weighted by Crippen LogP contribution is -2.12. The molecule has 3 aromatic rings. The van der Waals surface area contributed by atoms with Crippen LogP contribution in [0.15, 0.2) is 79.4 Å². The van der Waals surface area contributed by atoms with Crippen molar-refractivity contribution in [1.82, 2.24) is 0 Å². The minimum atomic E-state index is -3.22. The van der Waals surface area contributed by atoms with Crippen LogP contribution >= 0.6 is 0 Å². The summed E-state index contributed by atoms with van der Waals surface area (Å²) >= 11 is 0. The number of benzene rings is 3. The highest BCUT2D eigenvalue weighted by Gasteiger charge is 2.31. The zero-order valence-electron chi connectivity index (χ0n) is 18.6. The summed E-state index contributed by atoms with van der Waals surface area (Å²) in [7, 11) is 0. The summed E-state index contributed by atoms with van der Waals surface area (Å²) < 4.78 is 55.7. The highest BCUT2D eigenvalue weighted by atomic mass is 19.3. The highest BCUT2D eigenvalue weighted by Crippen LogP contribution is 2.37. The van der Waals surface area contributed by atoms with Gasteiger partial charge in [0.05, 0.1) is 0 Å². The fourth-order valence-corrected chi connectivity index (χ4v) is 3.62. The Labute approximate surface area is 186 Å². The Balaban J connectivity index is 1.94.